The fourth-order valence-corrected chi connectivity index (χ4v) is 3.55. The van der Waals surface area contributed by atoms with Gasteiger partial charge in [0.1, 0.15) is 0 Å². The van der Waals surface area contributed by atoms with Gasteiger partial charge in [0.2, 0.25) is 5.91 Å². The van der Waals surface area contributed by atoms with E-state index < -0.39 is 17.2 Å². The van der Waals surface area contributed by atoms with Crippen LogP contribution in [0.5, 0.6) is 0 Å². The summed E-state index contributed by atoms with van der Waals surface area (Å²) < 4.78 is 27.0. The fraction of sp³-hybridized carbons (Fsp3) is 0.350. The second-order valence-corrected chi connectivity index (χ2v) is 6.65. The molecule has 25 heavy (non-hydrogen) atoms. The molecule has 0 atom stereocenters. The zero-order valence-corrected chi connectivity index (χ0v) is 14.3. The number of carbonyl (C=O) groups excluding carboxylic acids is 1. The van der Waals surface area contributed by atoms with Gasteiger partial charge >= 0.3 is 0 Å². The SMILES string of the molecule is CC(=O)NC1(c2ccc(F)c(F)c2)CCN(Cc2ccccc2)CC1. The van der Waals surface area contributed by atoms with Crippen LogP contribution in [0.4, 0.5) is 8.78 Å². The van der Waals surface area contributed by atoms with Crippen molar-refractivity contribution in [1.82, 2.24) is 10.2 Å². The molecule has 1 heterocycles. The summed E-state index contributed by atoms with van der Waals surface area (Å²) in [6.07, 6.45) is 1.31. The van der Waals surface area contributed by atoms with E-state index in [0.717, 1.165) is 25.7 Å². The summed E-state index contributed by atoms with van der Waals surface area (Å²) in [4.78, 5) is 14.0. The lowest BCUT2D eigenvalue weighted by atomic mass is 9.80. The molecule has 132 valence electrons. The van der Waals surface area contributed by atoms with E-state index in [4.69, 9.17) is 0 Å². The van der Waals surface area contributed by atoms with Crippen LogP contribution in [0, 0.1) is 11.6 Å². The maximum Gasteiger partial charge on any atom is 0.217 e. The highest BCUT2D eigenvalue weighted by atomic mass is 19.2. The number of halogens is 2. The van der Waals surface area contributed by atoms with Gasteiger partial charge in [0.15, 0.2) is 11.6 Å². The van der Waals surface area contributed by atoms with Crippen LogP contribution in [0.25, 0.3) is 0 Å². The summed E-state index contributed by atoms with van der Waals surface area (Å²) in [7, 11) is 0. The number of rotatable bonds is 4. The standard InChI is InChI=1S/C20H22F2N2O/c1-15(25)23-20(17-7-8-18(21)19(22)13-17)9-11-24(12-10-20)14-16-5-3-2-4-6-16/h2-8,13H,9-12,14H2,1H3,(H,23,25). The Hall–Kier alpha value is -2.27. The predicted molar refractivity (Wildman–Crippen MR) is 92.8 cm³/mol. The van der Waals surface area contributed by atoms with Gasteiger partial charge in [-0.3, -0.25) is 9.69 Å². The molecule has 1 fully saturated rings. The van der Waals surface area contributed by atoms with E-state index in [1.54, 1.807) is 6.07 Å². The topological polar surface area (TPSA) is 32.3 Å². The smallest absolute Gasteiger partial charge is 0.217 e. The number of amides is 1. The van der Waals surface area contributed by atoms with Crippen molar-refractivity contribution in [2.45, 2.75) is 31.8 Å². The largest absolute Gasteiger partial charge is 0.347 e. The highest BCUT2D eigenvalue weighted by Gasteiger charge is 2.37. The predicted octanol–water partition coefficient (Wildman–Crippen LogP) is 3.59. The maximum absolute atomic E-state index is 13.7. The van der Waals surface area contributed by atoms with Crippen LogP contribution in [0.15, 0.2) is 48.5 Å². The third-order valence-corrected chi connectivity index (χ3v) is 4.85. The third kappa shape index (κ3) is 4.04. The third-order valence-electron chi connectivity index (χ3n) is 4.85. The average molecular weight is 344 g/mol. The van der Waals surface area contributed by atoms with Crippen molar-refractivity contribution in [1.29, 1.82) is 0 Å². The lowest BCUT2D eigenvalue weighted by Crippen LogP contribution is -2.52. The molecule has 1 aliphatic rings. The molecule has 0 unspecified atom stereocenters. The van der Waals surface area contributed by atoms with E-state index in [-0.39, 0.29) is 5.91 Å². The molecule has 0 saturated carbocycles. The molecule has 1 amide bonds. The number of benzene rings is 2. The Morgan fingerprint density at radius 2 is 1.76 bits per heavy atom. The van der Waals surface area contributed by atoms with Crippen LogP contribution >= 0.6 is 0 Å². The van der Waals surface area contributed by atoms with E-state index in [0.29, 0.717) is 18.4 Å². The number of hydrogen-bond acceptors (Lipinski definition) is 2. The molecule has 0 bridgehead atoms. The summed E-state index contributed by atoms with van der Waals surface area (Å²) in [5.41, 5.74) is 1.22. The first-order valence-corrected chi connectivity index (χ1v) is 8.49. The van der Waals surface area contributed by atoms with Crippen molar-refractivity contribution in [2.24, 2.45) is 0 Å². The first kappa shape index (κ1) is 17.5. The summed E-state index contributed by atoms with van der Waals surface area (Å²) in [5.74, 6) is -1.92. The van der Waals surface area contributed by atoms with E-state index in [1.165, 1.54) is 18.6 Å². The Morgan fingerprint density at radius 1 is 1.08 bits per heavy atom. The van der Waals surface area contributed by atoms with Crippen molar-refractivity contribution in [3.63, 3.8) is 0 Å². The second kappa shape index (κ2) is 7.31. The Balaban J connectivity index is 1.77. The molecule has 0 spiro atoms. The van der Waals surface area contributed by atoms with Gasteiger partial charge in [-0.05, 0) is 36.1 Å². The monoisotopic (exact) mass is 344 g/mol. The van der Waals surface area contributed by atoms with E-state index in [9.17, 15) is 13.6 Å². The first-order valence-electron chi connectivity index (χ1n) is 8.49. The number of piperidine rings is 1. The minimum Gasteiger partial charge on any atom is -0.347 e. The lowest BCUT2D eigenvalue weighted by Gasteiger charge is -2.42. The van der Waals surface area contributed by atoms with E-state index in [2.05, 4.69) is 22.3 Å². The van der Waals surface area contributed by atoms with Gasteiger partial charge in [-0.15, -0.1) is 0 Å². The van der Waals surface area contributed by atoms with Crippen LogP contribution in [-0.4, -0.2) is 23.9 Å². The van der Waals surface area contributed by atoms with Gasteiger partial charge in [0.25, 0.3) is 0 Å². The molecule has 0 aliphatic carbocycles. The Labute approximate surface area is 146 Å². The van der Waals surface area contributed by atoms with Gasteiger partial charge in [0, 0.05) is 26.6 Å². The van der Waals surface area contributed by atoms with Gasteiger partial charge in [-0.25, -0.2) is 8.78 Å². The van der Waals surface area contributed by atoms with Gasteiger partial charge < -0.3 is 5.32 Å². The number of hydrogen-bond donors (Lipinski definition) is 1. The van der Waals surface area contributed by atoms with Crippen LogP contribution in [0.3, 0.4) is 0 Å². The number of nitrogens with zero attached hydrogens (tertiary/aromatic N) is 1. The van der Waals surface area contributed by atoms with E-state index >= 15 is 0 Å². The molecule has 5 heteroatoms. The fourth-order valence-electron chi connectivity index (χ4n) is 3.55. The normalized spacial score (nSPS) is 17.2. The van der Waals surface area contributed by atoms with Crippen molar-refractivity contribution < 1.29 is 13.6 Å². The van der Waals surface area contributed by atoms with Gasteiger partial charge in [0.05, 0.1) is 5.54 Å². The van der Waals surface area contributed by atoms with Crippen LogP contribution < -0.4 is 5.32 Å². The lowest BCUT2D eigenvalue weighted by molar-refractivity contribution is -0.121. The Bertz CT molecular complexity index is 741. The highest BCUT2D eigenvalue weighted by molar-refractivity contribution is 5.74. The molecule has 1 saturated heterocycles. The molecular weight excluding hydrogens is 322 g/mol. The molecule has 0 aromatic heterocycles. The molecule has 1 N–H and O–H groups in total. The molecule has 2 aromatic carbocycles. The molecule has 3 rings (SSSR count). The van der Waals surface area contributed by atoms with Gasteiger partial charge in [-0.1, -0.05) is 36.4 Å². The summed E-state index contributed by atoms with van der Waals surface area (Å²) >= 11 is 0. The number of carbonyl (C=O) groups is 1. The molecule has 1 aliphatic heterocycles. The van der Waals surface area contributed by atoms with Crippen LogP contribution in [-0.2, 0) is 16.9 Å². The first-order chi connectivity index (χ1) is 12.0. The summed E-state index contributed by atoms with van der Waals surface area (Å²) in [5, 5.41) is 2.99. The molecular formula is C20H22F2N2O. The van der Waals surface area contributed by atoms with E-state index in [1.807, 2.05) is 18.2 Å². The Morgan fingerprint density at radius 3 is 2.36 bits per heavy atom. The van der Waals surface area contributed by atoms with Crippen molar-refractivity contribution >= 4 is 5.91 Å². The van der Waals surface area contributed by atoms with Crippen molar-refractivity contribution in [3.8, 4) is 0 Å². The number of likely N-dealkylation sites (tertiary alicyclic amines) is 1. The van der Waals surface area contributed by atoms with Gasteiger partial charge in [-0.2, -0.15) is 0 Å². The maximum atomic E-state index is 13.7. The zero-order valence-electron chi connectivity index (χ0n) is 14.3. The minimum absolute atomic E-state index is 0.166. The Kier molecular flexibility index (Phi) is 5.13. The second-order valence-electron chi connectivity index (χ2n) is 6.65. The average Bonchev–Trinajstić information content (AvgIpc) is 2.59. The minimum atomic E-state index is -0.881. The summed E-state index contributed by atoms with van der Waals surface area (Å²) in [6, 6.07) is 14.1. The molecule has 0 radical (unpaired) electrons. The zero-order chi connectivity index (χ0) is 17.9. The quantitative estimate of drug-likeness (QED) is 0.919. The van der Waals surface area contributed by atoms with Crippen LogP contribution in [0.1, 0.15) is 30.9 Å². The van der Waals surface area contributed by atoms with Crippen molar-refractivity contribution in [2.75, 3.05) is 13.1 Å². The molecule has 3 nitrogen and oxygen atoms in total. The van der Waals surface area contributed by atoms with Crippen molar-refractivity contribution in [3.05, 3.63) is 71.3 Å². The summed E-state index contributed by atoms with van der Waals surface area (Å²) in [6.45, 7) is 3.84. The number of nitrogens with one attached hydrogen (secondary N) is 1. The van der Waals surface area contributed by atoms with Crippen LogP contribution in [0.2, 0.25) is 0 Å². The molecule has 2 aromatic rings. The highest BCUT2D eigenvalue weighted by Crippen LogP contribution is 2.34.